The highest BCUT2D eigenvalue weighted by atomic mass is 32.1. The van der Waals surface area contributed by atoms with E-state index in [0.717, 1.165) is 23.9 Å². The molecule has 0 saturated carbocycles. The van der Waals surface area contributed by atoms with Crippen LogP contribution in [0.5, 0.6) is 0 Å². The molecule has 0 aliphatic carbocycles. The maximum Gasteiger partial charge on any atom is 0.263 e. The van der Waals surface area contributed by atoms with Crippen LogP contribution in [-0.4, -0.2) is 48.2 Å². The molecule has 4 nitrogen and oxygen atoms in total. The van der Waals surface area contributed by atoms with Crippen LogP contribution in [0.25, 0.3) is 0 Å². The summed E-state index contributed by atoms with van der Waals surface area (Å²) in [6, 6.07) is 7.61. The van der Waals surface area contributed by atoms with Gasteiger partial charge in [0.2, 0.25) is 5.60 Å². The van der Waals surface area contributed by atoms with Crippen LogP contribution in [-0.2, 0) is 10.4 Å². The van der Waals surface area contributed by atoms with E-state index in [-0.39, 0.29) is 11.9 Å². The van der Waals surface area contributed by atoms with E-state index in [1.807, 2.05) is 35.0 Å². The largest absolute Gasteiger partial charge is 0.371 e. The number of amides is 1. The molecule has 128 valence electrons. The molecule has 2 aromatic rings. The second-order valence-corrected chi connectivity index (χ2v) is 9.23. The maximum atomic E-state index is 13.2. The van der Waals surface area contributed by atoms with Crippen LogP contribution in [0.4, 0.5) is 0 Å². The third-order valence-corrected chi connectivity index (χ3v) is 7.64. The number of nitrogens with zero attached hydrogens (tertiary/aromatic N) is 1. The maximum absolute atomic E-state index is 13.2. The van der Waals surface area contributed by atoms with Crippen molar-refractivity contribution >= 4 is 28.6 Å². The van der Waals surface area contributed by atoms with Crippen molar-refractivity contribution in [3.8, 4) is 0 Å². The first-order valence-electron chi connectivity index (χ1n) is 8.46. The van der Waals surface area contributed by atoms with Gasteiger partial charge in [0, 0.05) is 12.8 Å². The lowest BCUT2D eigenvalue weighted by Gasteiger charge is -2.50. The van der Waals surface area contributed by atoms with Gasteiger partial charge < -0.3 is 14.9 Å². The van der Waals surface area contributed by atoms with E-state index >= 15 is 0 Å². The summed E-state index contributed by atoms with van der Waals surface area (Å²) in [7, 11) is 2.28. The summed E-state index contributed by atoms with van der Waals surface area (Å²) in [5.41, 5.74) is -1.58. The highest BCUT2D eigenvalue weighted by Gasteiger charge is 2.48. The Kier molecular flexibility index (Phi) is 4.03. The molecule has 24 heavy (non-hydrogen) atoms. The zero-order valence-electron chi connectivity index (χ0n) is 13.8. The third-order valence-electron chi connectivity index (χ3n) is 5.69. The van der Waals surface area contributed by atoms with Gasteiger partial charge in [-0.25, -0.2) is 0 Å². The number of fused-ring (bicyclic) bond motifs is 3. The van der Waals surface area contributed by atoms with E-state index in [1.165, 1.54) is 35.8 Å². The number of aliphatic hydroxyl groups is 1. The molecule has 5 heterocycles. The first-order valence-corrected chi connectivity index (χ1v) is 10.2. The molecule has 2 aromatic heterocycles. The molecule has 0 spiro atoms. The summed E-state index contributed by atoms with van der Waals surface area (Å²) < 4.78 is 1.04. The Morgan fingerprint density at radius 2 is 1.79 bits per heavy atom. The Hall–Kier alpha value is -1.21. The fourth-order valence-electron chi connectivity index (χ4n) is 4.17. The predicted molar refractivity (Wildman–Crippen MR) is 97.1 cm³/mol. The summed E-state index contributed by atoms with van der Waals surface area (Å²) in [6.45, 7) is 3.38. The van der Waals surface area contributed by atoms with Crippen LogP contribution < -0.4 is 5.32 Å². The Morgan fingerprint density at radius 3 is 2.25 bits per heavy atom. The van der Waals surface area contributed by atoms with Crippen LogP contribution in [0, 0.1) is 5.92 Å². The molecule has 3 aliphatic heterocycles. The van der Waals surface area contributed by atoms with E-state index in [4.69, 9.17) is 0 Å². The number of hydrogen-bond acceptors (Lipinski definition) is 4. The lowest BCUT2D eigenvalue weighted by Crippen LogP contribution is -2.66. The summed E-state index contributed by atoms with van der Waals surface area (Å²) >= 11 is 2.85. The van der Waals surface area contributed by atoms with E-state index in [2.05, 4.69) is 12.4 Å². The van der Waals surface area contributed by atoms with Gasteiger partial charge in [0.15, 0.2) is 0 Å². The minimum absolute atomic E-state index is 0.163. The van der Waals surface area contributed by atoms with Crippen LogP contribution in [0.3, 0.4) is 0 Å². The van der Waals surface area contributed by atoms with Crippen molar-refractivity contribution in [3.05, 3.63) is 44.8 Å². The minimum atomic E-state index is -1.58. The highest BCUT2D eigenvalue weighted by Crippen LogP contribution is 2.37. The topological polar surface area (TPSA) is 49.3 Å². The van der Waals surface area contributed by atoms with Gasteiger partial charge in [-0.05, 0) is 28.8 Å². The average Bonchev–Trinajstić information content (AvgIpc) is 3.28. The van der Waals surface area contributed by atoms with Crippen molar-refractivity contribution in [2.75, 3.05) is 26.7 Å². The molecule has 3 fully saturated rings. The molecule has 1 amide bonds. The zero-order chi connectivity index (χ0) is 16.8. The molecule has 3 aliphatic rings. The van der Waals surface area contributed by atoms with E-state index in [0.29, 0.717) is 15.7 Å². The fraction of sp³-hybridized carbons (Fsp3) is 0.500. The van der Waals surface area contributed by atoms with Crippen LogP contribution in [0.2, 0.25) is 0 Å². The molecule has 3 saturated heterocycles. The molecule has 0 radical (unpaired) electrons. The van der Waals surface area contributed by atoms with Gasteiger partial charge in [0.25, 0.3) is 5.91 Å². The second kappa shape index (κ2) is 5.95. The average molecular weight is 364 g/mol. The summed E-state index contributed by atoms with van der Waals surface area (Å²) in [5.74, 6) is 0.266. The summed E-state index contributed by atoms with van der Waals surface area (Å²) in [6.07, 6.45) is 2.33. The SMILES string of the molecule is C[N+]12CCC(CC1)[C@@H](NC(=O)C(O)(c1cccs1)c1cccs1)C2. The number of rotatable bonds is 4. The standard InChI is InChI=1S/C18H22N2O2S2/c1-20-8-6-13(7-9-20)14(12-20)19-17(21)18(22,15-4-2-10-23-15)16-5-3-11-24-16/h2-5,10-11,13-14,22H,6-9,12H2,1H3/p+1/t13?,14-,20?/m0/s1. The van der Waals surface area contributed by atoms with Crippen molar-refractivity contribution < 1.29 is 14.4 Å². The number of likely N-dealkylation sites (N-methyl/N-ethyl adjacent to an activating group) is 1. The number of nitrogens with one attached hydrogen (secondary N) is 1. The molecule has 0 aromatic carbocycles. The molecule has 2 bridgehead atoms. The van der Waals surface area contributed by atoms with Gasteiger partial charge in [-0.2, -0.15) is 0 Å². The first kappa shape index (κ1) is 16.3. The van der Waals surface area contributed by atoms with Gasteiger partial charge in [-0.15, -0.1) is 22.7 Å². The van der Waals surface area contributed by atoms with Crippen molar-refractivity contribution in [1.82, 2.24) is 5.32 Å². The third kappa shape index (κ3) is 2.62. The minimum Gasteiger partial charge on any atom is -0.371 e. The Bertz CT molecular complexity index is 669. The number of hydrogen-bond donors (Lipinski definition) is 2. The molecule has 5 rings (SSSR count). The smallest absolute Gasteiger partial charge is 0.263 e. The van der Waals surface area contributed by atoms with Crippen molar-refractivity contribution in [2.45, 2.75) is 24.5 Å². The van der Waals surface area contributed by atoms with Gasteiger partial charge in [-0.3, -0.25) is 4.79 Å². The van der Waals surface area contributed by atoms with Crippen LogP contribution in [0.1, 0.15) is 22.6 Å². The number of carbonyl (C=O) groups excluding carboxylic acids is 1. The van der Waals surface area contributed by atoms with Gasteiger partial charge in [-0.1, -0.05) is 12.1 Å². The summed E-state index contributed by atoms with van der Waals surface area (Å²) in [5, 5.41) is 18.4. The fourth-order valence-corrected chi connectivity index (χ4v) is 5.90. The zero-order valence-corrected chi connectivity index (χ0v) is 15.4. The Balaban J connectivity index is 1.61. The van der Waals surface area contributed by atoms with E-state index in [1.54, 1.807) is 0 Å². The number of quaternary nitrogens is 1. The summed E-state index contributed by atoms with van der Waals surface area (Å²) in [4.78, 5) is 14.5. The molecule has 6 heteroatoms. The highest BCUT2D eigenvalue weighted by molar-refractivity contribution is 7.12. The predicted octanol–water partition coefficient (Wildman–Crippen LogP) is 2.40. The Morgan fingerprint density at radius 1 is 1.21 bits per heavy atom. The normalized spacial score (nSPS) is 29.6. The Labute approximate surface area is 150 Å². The van der Waals surface area contributed by atoms with Gasteiger partial charge >= 0.3 is 0 Å². The van der Waals surface area contributed by atoms with Gasteiger partial charge in [0.1, 0.15) is 0 Å². The van der Waals surface area contributed by atoms with Crippen LogP contribution >= 0.6 is 22.7 Å². The second-order valence-electron chi connectivity index (χ2n) is 7.33. The quantitative estimate of drug-likeness (QED) is 0.820. The monoisotopic (exact) mass is 363 g/mol. The molecule has 1 atom stereocenters. The molecule has 0 unspecified atom stereocenters. The number of carbonyl (C=O) groups is 1. The van der Waals surface area contributed by atoms with Crippen LogP contribution in [0.15, 0.2) is 35.0 Å². The van der Waals surface area contributed by atoms with Gasteiger partial charge in [0.05, 0.1) is 42.5 Å². The van der Waals surface area contributed by atoms with Crippen molar-refractivity contribution in [3.63, 3.8) is 0 Å². The lowest BCUT2D eigenvalue weighted by atomic mass is 9.81. The first-order chi connectivity index (χ1) is 11.5. The number of thiophene rings is 2. The lowest BCUT2D eigenvalue weighted by molar-refractivity contribution is -0.925. The number of piperidine rings is 3. The van der Waals surface area contributed by atoms with E-state index in [9.17, 15) is 9.90 Å². The van der Waals surface area contributed by atoms with E-state index < -0.39 is 5.60 Å². The molecule has 2 N–H and O–H groups in total. The van der Waals surface area contributed by atoms with Crippen molar-refractivity contribution in [1.29, 1.82) is 0 Å². The molecular formula is C18H23N2O2S2+. The molecular weight excluding hydrogens is 340 g/mol. The van der Waals surface area contributed by atoms with Crippen molar-refractivity contribution in [2.24, 2.45) is 5.92 Å².